The van der Waals surface area contributed by atoms with E-state index in [2.05, 4.69) is 16.0 Å². The zero-order valence-electron chi connectivity index (χ0n) is 14.5. The average Bonchev–Trinajstić information content (AvgIpc) is 2.98. The number of aliphatic hydroxyl groups excluding tert-OH is 1. The third-order valence-corrected chi connectivity index (χ3v) is 4.95. The molecule has 2 saturated heterocycles. The summed E-state index contributed by atoms with van der Waals surface area (Å²) in [5.74, 6) is -0.647. The molecule has 2 aliphatic heterocycles. The first-order valence-electron chi connectivity index (χ1n) is 8.39. The fourth-order valence-electron chi connectivity index (χ4n) is 3.32. The van der Waals surface area contributed by atoms with Crippen LogP contribution in [0.15, 0.2) is 18.2 Å². The predicted octanol–water partition coefficient (Wildman–Crippen LogP) is 0.619. The van der Waals surface area contributed by atoms with Gasteiger partial charge in [0.1, 0.15) is 12.1 Å². The van der Waals surface area contributed by atoms with Crippen molar-refractivity contribution in [2.75, 3.05) is 11.9 Å². The van der Waals surface area contributed by atoms with E-state index in [1.54, 1.807) is 18.2 Å². The van der Waals surface area contributed by atoms with Gasteiger partial charge in [-0.05, 0) is 38.0 Å². The summed E-state index contributed by atoms with van der Waals surface area (Å²) in [5.41, 5.74) is 1.46. The first kappa shape index (κ1) is 18.5. The number of aliphatic hydroxyl groups is 1. The summed E-state index contributed by atoms with van der Waals surface area (Å²) in [4.78, 5) is 38.3. The highest BCUT2D eigenvalue weighted by molar-refractivity contribution is 6.31. The van der Waals surface area contributed by atoms with Gasteiger partial charge in [0.05, 0.1) is 12.1 Å². The summed E-state index contributed by atoms with van der Waals surface area (Å²) in [6.45, 7) is 3.53. The van der Waals surface area contributed by atoms with Gasteiger partial charge in [-0.1, -0.05) is 17.7 Å². The van der Waals surface area contributed by atoms with Crippen LogP contribution in [0.2, 0.25) is 5.02 Å². The number of piperazine rings is 1. The van der Waals surface area contributed by atoms with E-state index < -0.39 is 24.2 Å². The average molecular weight is 381 g/mol. The quantitative estimate of drug-likeness (QED) is 0.616. The number of anilines is 1. The number of carbonyl (C=O) groups is 3. The molecule has 1 aromatic carbocycles. The van der Waals surface area contributed by atoms with Gasteiger partial charge in [0.15, 0.2) is 0 Å². The van der Waals surface area contributed by atoms with E-state index in [9.17, 15) is 19.5 Å². The Morgan fingerprint density at radius 1 is 1.42 bits per heavy atom. The number of aryl methyl sites for hydroxylation is 1. The van der Waals surface area contributed by atoms with Gasteiger partial charge in [-0.3, -0.25) is 9.59 Å². The SMILES string of the molecule is Cc1ccc(Cl)cc1NC(=O)N[C@H]1C[C@H]2C(=O)N[C@H]([C@H](C)O)C(=O)N2C1. The Hall–Kier alpha value is -2.32. The molecule has 0 bridgehead atoms. The minimum atomic E-state index is -0.978. The highest BCUT2D eigenvalue weighted by Gasteiger charge is 2.47. The van der Waals surface area contributed by atoms with Crippen molar-refractivity contribution in [3.63, 3.8) is 0 Å². The van der Waals surface area contributed by atoms with Crippen LogP contribution in [0.3, 0.4) is 0 Å². The monoisotopic (exact) mass is 380 g/mol. The molecule has 2 aliphatic rings. The zero-order chi connectivity index (χ0) is 19.0. The Morgan fingerprint density at radius 2 is 2.15 bits per heavy atom. The predicted molar refractivity (Wildman–Crippen MR) is 95.9 cm³/mol. The number of halogens is 1. The molecular weight excluding hydrogens is 360 g/mol. The van der Waals surface area contributed by atoms with Crippen molar-refractivity contribution in [3.05, 3.63) is 28.8 Å². The van der Waals surface area contributed by atoms with E-state index >= 15 is 0 Å². The molecule has 2 fully saturated rings. The largest absolute Gasteiger partial charge is 0.391 e. The Bertz CT molecular complexity index is 754. The maximum atomic E-state index is 12.4. The van der Waals surface area contributed by atoms with Crippen molar-refractivity contribution in [2.24, 2.45) is 0 Å². The normalized spacial score (nSPS) is 26.2. The van der Waals surface area contributed by atoms with Crippen LogP contribution in [0.1, 0.15) is 18.9 Å². The van der Waals surface area contributed by atoms with Crippen LogP contribution in [0.25, 0.3) is 0 Å². The molecule has 0 saturated carbocycles. The molecule has 0 radical (unpaired) electrons. The van der Waals surface area contributed by atoms with Crippen molar-refractivity contribution in [3.8, 4) is 0 Å². The molecule has 0 aliphatic carbocycles. The molecule has 26 heavy (non-hydrogen) atoms. The number of amides is 4. The molecule has 0 aromatic heterocycles. The van der Waals surface area contributed by atoms with E-state index in [0.29, 0.717) is 17.1 Å². The molecule has 9 heteroatoms. The van der Waals surface area contributed by atoms with Gasteiger partial charge in [0, 0.05) is 17.3 Å². The van der Waals surface area contributed by atoms with Crippen molar-refractivity contribution in [2.45, 2.75) is 44.5 Å². The molecule has 0 unspecified atom stereocenters. The van der Waals surface area contributed by atoms with Gasteiger partial charge in [0.2, 0.25) is 11.8 Å². The van der Waals surface area contributed by atoms with Crippen molar-refractivity contribution in [1.82, 2.24) is 15.5 Å². The fourth-order valence-corrected chi connectivity index (χ4v) is 3.49. The second-order valence-electron chi connectivity index (χ2n) is 6.72. The second kappa shape index (κ2) is 7.13. The lowest BCUT2D eigenvalue weighted by Gasteiger charge is -2.35. The number of hydrogen-bond acceptors (Lipinski definition) is 4. The molecule has 4 atom stereocenters. The Labute approximate surface area is 155 Å². The van der Waals surface area contributed by atoms with Gasteiger partial charge in [-0.25, -0.2) is 4.79 Å². The summed E-state index contributed by atoms with van der Waals surface area (Å²) in [6, 6.07) is 2.82. The minimum absolute atomic E-state index is 0.224. The number of nitrogens with zero attached hydrogens (tertiary/aromatic N) is 1. The van der Waals surface area contributed by atoms with Crippen LogP contribution in [-0.4, -0.2) is 58.6 Å². The molecule has 2 heterocycles. The Balaban J connectivity index is 1.64. The fraction of sp³-hybridized carbons (Fsp3) is 0.471. The third-order valence-electron chi connectivity index (χ3n) is 4.72. The first-order valence-corrected chi connectivity index (χ1v) is 8.76. The van der Waals surface area contributed by atoms with Crippen molar-refractivity contribution < 1.29 is 19.5 Å². The molecule has 4 amide bonds. The van der Waals surface area contributed by atoms with Crippen molar-refractivity contribution >= 4 is 35.1 Å². The van der Waals surface area contributed by atoms with Gasteiger partial charge >= 0.3 is 6.03 Å². The van der Waals surface area contributed by atoms with Crippen LogP contribution < -0.4 is 16.0 Å². The topological polar surface area (TPSA) is 111 Å². The highest BCUT2D eigenvalue weighted by atomic mass is 35.5. The number of fused-ring (bicyclic) bond motifs is 1. The van der Waals surface area contributed by atoms with Crippen molar-refractivity contribution in [1.29, 1.82) is 0 Å². The highest BCUT2D eigenvalue weighted by Crippen LogP contribution is 2.24. The van der Waals surface area contributed by atoms with Crippen LogP contribution in [0.5, 0.6) is 0 Å². The first-order chi connectivity index (χ1) is 12.3. The Kier molecular flexibility index (Phi) is 5.06. The maximum Gasteiger partial charge on any atom is 0.319 e. The molecule has 0 spiro atoms. The van der Waals surface area contributed by atoms with Crippen LogP contribution in [0.4, 0.5) is 10.5 Å². The van der Waals surface area contributed by atoms with E-state index in [1.807, 2.05) is 6.92 Å². The molecule has 8 nitrogen and oxygen atoms in total. The summed E-state index contributed by atoms with van der Waals surface area (Å²) in [7, 11) is 0. The standard InChI is InChI=1S/C17H21ClN4O4/c1-8-3-4-10(18)5-12(8)20-17(26)19-11-6-13-15(24)21-14(9(2)23)16(25)22(13)7-11/h3-5,9,11,13-14,23H,6-7H2,1-2H3,(H,21,24)(H2,19,20,26)/t9-,11-,13-,14+/m0/s1. The van der Waals surface area contributed by atoms with Gasteiger partial charge < -0.3 is 26.0 Å². The lowest BCUT2D eigenvalue weighted by molar-refractivity contribution is -0.149. The van der Waals surface area contributed by atoms with Gasteiger partial charge in [-0.2, -0.15) is 0 Å². The van der Waals surface area contributed by atoms with Gasteiger partial charge in [0.25, 0.3) is 0 Å². The lowest BCUT2D eigenvalue weighted by atomic mass is 10.0. The molecule has 1 aromatic rings. The summed E-state index contributed by atoms with van der Waals surface area (Å²) in [5, 5.41) is 18.2. The molecule has 3 rings (SSSR count). The number of nitrogens with one attached hydrogen (secondary N) is 3. The van der Waals surface area contributed by atoms with E-state index in [0.717, 1.165) is 5.56 Å². The second-order valence-corrected chi connectivity index (χ2v) is 7.16. The Morgan fingerprint density at radius 3 is 2.85 bits per heavy atom. The lowest BCUT2D eigenvalue weighted by Crippen LogP contribution is -2.64. The number of hydrogen-bond donors (Lipinski definition) is 4. The number of carbonyl (C=O) groups excluding carboxylic acids is 3. The van der Waals surface area contributed by atoms with Crippen LogP contribution in [0, 0.1) is 6.92 Å². The number of urea groups is 1. The van der Waals surface area contributed by atoms with E-state index in [4.69, 9.17) is 11.6 Å². The summed E-state index contributed by atoms with van der Waals surface area (Å²) < 4.78 is 0. The minimum Gasteiger partial charge on any atom is -0.391 e. The number of benzene rings is 1. The molecule has 140 valence electrons. The van der Waals surface area contributed by atoms with E-state index in [-0.39, 0.29) is 24.4 Å². The zero-order valence-corrected chi connectivity index (χ0v) is 15.2. The summed E-state index contributed by atoms with van der Waals surface area (Å²) >= 11 is 5.94. The molecular formula is C17H21ClN4O4. The van der Waals surface area contributed by atoms with Crippen LogP contribution >= 0.6 is 11.6 Å². The van der Waals surface area contributed by atoms with Gasteiger partial charge in [-0.15, -0.1) is 0 Å². The maximum absolute atomic E-state index is 12.4. The summed E-state index contributed by atoms with van der Waals surface area (Å²) in [6.07, 6.45) is -0.653. The third kappa shape index (κ3) is 3.61. The number of rotatable bonds is 3. The van der Waals surface area contributed by atoms with Crippen LogP contribution in [-0.2, 0) is 9.59 Å². The van der Waals surface area contributed by atoms with E-state index in [1.165, 1.54) is 11.8 Å². The molecule has 4 N–H and O–H groups in total. The smallest absolute Gasteiger partial charge is 0.319 e.